The van der Waals surface area contributed by atoms with Crippen molar-refractivity contribution in [1.29, 1.82) is 0 Å². The second-order valence-electron chi connectivity index (χ2n) is 3.82. The van der Waals surface area contributed by atoms with E-state index in [-0.39, 0.29) is 11.4 Å². The van der Waals surface area contributed by atoms with E-state index in [1.165, 1.54) is 18.2 Å². The van der Waals surface area contributed by atoms with Crippen LogP contribution in [-0.2, 0) is 0 Å². The molecule has 0 aromatic heterocycles. The Balaban J connectivity index is 2.49. The quantitative estimate of drug-likeness (QED) is 0.720. The van der Waals surface area contributed by atoms with Gasteiger partial charge in [0, 0.05) is 0 Å². The Labute approximate surface area is 97.7 Å². The first-order chi connectivity index (χ1) is 8.11. The Morgan fingerprint density at radius 3 is 2.06 bits per heavy atom. The van der Waals surface area contributed by atoms with Crippen molar-refractivity contribution in [3.05, 3.63) is 59.2 Å². The van der Waals surface area contributed by atoms with Gasteiger partial charge in [-0.3, -0.25) is 4.79 Å². The van der Waals surface area contributed by atoms with Crippen LogP contribution < -0.4 is 0 Å². The number of aldehydes is 1. The largest absolute Gasteiger partial charge is 0.298 e. The number of aryl methyl sites for hydroxylation is 1. The van der Waals surface area contributed by atoms with Crippen molar-refractivity contribution in [3.8, 4) is 11.1 Å². The van der Waals surface area contributed by atoms with Gasteiger partial charge in [-0.25, -0.2) is 8.78 Å². The fraction of sp³-hybridized carbons (Fsp3) is 0.0714. The van der Waals surface area contributed by atoms with Crippen LogP contribution >= 0.6 is 0 Å². The molecule has 0 radical (unpaired) electrons. The maximum Gasteiger partial charge on any atom is 0.152 e. The highest BCUT2D eigenvalue weighted by Crippen LogP contribution is 2.23. The predicted octanol–water partition coefficient (Wildman–Crippen LogP) is 3.75. The molecule has 0 atom stereocenters. The van der Waals surface area contributed by atoms with Gasteiger partial charge in [-0.05, 0) is 41.8 Å². The SMILES string of the molecule is Cc1ccc(-c2ccc(C=O)c(F)c2)cc1F. The summed E-state index contributed by atoms with van der Waals surface area (Å²) < 4.78 is 26.8. The fourth-order valence-electron chi connectivity index (χ4n) is 1.57. The van der Waals surface area contributed by atoms with Crippen LogP contribution in [0.5, 0.6) is 0 Å². The third kappa shape index (κ3) is 2.23. The molecule has 0 aliphatic carbocycles. The first-order valence-corrected chi connectivity index (χ1v) is 5.13. The molecular weight excluding hydrogens is 222 g/mol. The highest BCUT2D eigenvalue weighted by molar-refractivity contribution is 5.77. The molecule has 2 aromatic carbocycles. The van der Waals surface area contributed by atoms with Crippen molar-refractivity contribution in [2.24, 2.45) is 0 Å². The lowest BCUT2D eigenvalue weighted by atomic mass is 10.0. The molecule has 3 heteroatoms. The van der Waals surface area contributed by atoms with Gasteiger partial charge in [0.05, 0.1) is 5.56 Å². The molecule has 0 fully saturated rings. The van der Waals surface area contributed by atoms with Gasteiger partial charge in [-0.1, -0.05) is 18.2 Å². The summed E-state index contributed by atoms with van der Waals surface area (Å²) in [6, 6.07) is 8.91. The van der Waals surface area contributed by atoms with Crippen LogP contribution in [-0.4, -0.2) is 6.29 Å². The van der Waals surface area contributed by atoms with Crippen molar-refractivity contribution in [1.82, 2.24) is 0 Å². The Bertz CT molecular complexity index is 576. The van der Waals surface area contributed by atoms with Crippen LogP contribution in [0.25, 0.3) is 11.1 Å². The summed E-state index contributed by atoms with van der Waals surface area (Å²) in [5.41, 5.74) is 1.68. The van der Waals surface area contributed by atoms with Gasteiger partial charge in [0.2, 0.25) is 0 Å². The zero-order chi connectivity index (χ0) is 12.4. The van der Waals surface area contributed by atoms with Crippen molar-refractivity contribution in [2.75, 3.05) is 0 Å². The number of carbonyl (C=O) groups excluding carboxylic acids is 1. The lowest BCUT2D eigenvalue weighted by Crippen LogP contribution is -1.89. The monoisotopic (exact) mass is 232 g/mol. The van der Waals surface area contributed by atoms with Crippen LogP contribution in [0.15, 0.2) is 36.4 Å². The third-order valence-electron chi connectivity index (χ3n) is 2.63. The van der Waals surface area contributed by atoms with Crippen LogP contribution in [0.4, 0.5) is 8.78 Å². The Kier molecular flexibility index (Phi) is 3.00. The van der Waals surface area contributed by atoms with E-state index in [4.69, 9.17) is 0 Å². The Hall–Kier alpha value is -2.03. The molecule has 0 aliphatic rings. The number of benzene rings is 2. The first kappa shape index (κ1) is 11.5. The van der Waals surface area contributed by atoms with E-state index in [1.807, 2.05) is 0 Å². The van der Waals surface area contributed by atoms with E-state index < -0.39 is 5.82 Å². The standard InChI is InChI=1S/C14H10F2O/c1-9-2-3-10(6-13(9)15)11-4-5-12(8-17)14(16)7-11/h2-8H,1H3. The minimum Gasteiger partial charge on any atom is -0.298 e. The molecular formula is C14H10F2O. The summed E-state index contributed by atoms with van der Waals surface area (Å²) in [7, 11) is 0. The maximum atomic E-state index is 13.4. The molecule has 0 amide bonds. The molecule has 86 valence electrons. The lowest BCUT2D eigenvalue weighted by molar-refractivity contribution is 0.112. The summed E-state index contributed by atoms with van der Waals surface area (Å²) in [6.07, 6.45) is 0.453. The summed E-state index contributed by atoms with van der Waals surface area (Å²) in [5.74, 6) is -0.930. The van der Waals surface area contributed by atoms with Gasteiger partial charge >= 0.3 is 0 Å². The van der Waals surface area contributed by atoms with Crippen LogP contribution in [0.3, 0.4) is 0 Å². The zero-order valence-electron chi connectivity index (χ0n) is 9.21. The van der Waals surface area contributed by atoms with Gasteiger partial charge in [0.15, 0.2) is 6.29 Å². The maximum absolute atomic E-state index is 13.4. The van der Waals surface area contributed by atoms with Crippen molar-refractivity contribution >= 4 is 6.29 Å². The van der Waals surface area contributed by atoms with E-state index in [9.17, 15) is 13.6 Å². The minimum atomic E-state index is -0.599. The first-order valence-electron chi connectivity index (χ1n) is 5.13. The summed E-state index contributed by atoms with van der Waals surface area (Å²) in [6.45, 7) is 1.66. The molecule has 0 heterocycles. The van der Waals surface area contributed by atoms with Gasteiger partial charge in [-0.2, -0.15) is 0 Å². The van der Waals surface area contributed by atoms with Crippen molar-refractivity contribution in [2.45, 2.75) is 6.92 Å². The van der Waals surface area contributed by atoms with Crippen LogP contribution in [0.2, 0.25) is 0 Å². The molecule has 1 nitrogen and oxygen atoms in total. The Morgan fingerprint density at radius 2 is 1.53 bits per heavy atom. The molecule has 0 saturated heterocycles. The topological polar surface area (TPSA) is 17.1 Å². The molecule has 0 bridgehead atoms. The fourth-order valence-corrected chi connectivity index (χ4v) is 1.57. The lowest BCUT2D eigenvalue weighted by Gasteiger charge is -2.04. The summed E-state index contributed by atoms with van der Waals surface area (Å²) in [4.78, 5) is 10.5. The number of hydrogen-bond acceptors (Lipinski definition) is 1. The second-order valence-corrected chi connectivity index (χ2v) is 3.82. The van der Waals surface area contributed by atoms with Crippen LogP contribution in [0.1, 0.15) is 15.9 Å². The highest BCUT2D eigenvalue weighted by atomic mass is 19.1. The third-order valence-corrected chi connectivity index (χ3v) is 2.63. The van der Waals surface area contributed by atoms with Gasteiger partial charge < -0.3 is 0 Å². The van der Waals surface area contributed by atoms with Crippen LogP contribution in [0, 0.1) is 18.6 Å². The van der Waals surface area contributed by atoms with Gasteiger partial charge in [-0.15, -0.1) is 0 Å². The summed E-state index contributed by atoms with van der Waals surface area (Å²) in [5, 5.41) is 0. The average Bonchev–Trinajstić information content (AvgIpc) is 2.32. The van der Waals surface area contributed by atoms with Gasteiger partial charge in [0.1, 0.15) is 11.6 Å². The van der Waals surface area contributed by atoms with Crippen molar-refractivity contribution in [3.63, 3.8) is 0 Å². The molecule has 0 saturated carbocycles. The Morgan fingerprint density at radius 1 is 0.941 bits per heavy atom. The smallest absolute Gasteiger partial charge is 0.152 e. The molecule has 0 aliphatic heterocycles. The van der Waals surface area contributed by atoms with E-state index in [1.54, 1.807) is 25.1 Å². The molecule has 0 unspecified atom stereocenters. The van der Waals surface area contributed by atoms with E-state index >= 15 is 0 Å². The molecule has 0 spiro atoms. The normalized spacial score (nSPS) is 10.3. The number of carbonyl (C=O) groups is 1. The number of rotatable bonds is 2. The van der Waals surface area contributed by atoms with Gasteiger partial charge in [0.25, 0.3) is 0 Å². The number of halogens is 2. The van der Waals surface area contributed by atoms with E-state index in [0.717, 1.165) is 0 Å². The minimum absolute atomic E-state index is 0.00123. The zero-order valence-corrected chi connectivity index (χ0v) is 9.21. The molecule has 17 heavy (non-hydrogen) atoms. The summed E-state index contributed by atoms with van der Waals surface area (Å²) >= 11 is 0. The molecule has 2 rings (SSSR count). The molecule has 0 N–H and O–H groups in total. The molecule has 2 aromatic rings. The van der Waals surface area contributed by atoms with Crippen molar-refractivity contribution < 1.29 is 13.6 Å². The number of hydrogen-bond donors (Lipinski definition) is 0. The van der Waals surface area contributed by atoms with E-state index in [2.05, 4.69) is 0 Å². The highest BCUT2D eigenvalue weighted by Gasteiger charge is 2.06. The second kappa shape index (κ2) is 4.45. The predicted molar refractivity (Wildman–Crippen MR) is 61.9 cm³/mol. The average molecular weight is 232 g/mol. The van der Waals surface area contributed by atoms with E-state index in [0.29, 0.717) is 23.0 Å².